The summed E-state index contributed by atoms with van der Waals surface area (Å²) < 4.78 is 0. The highest BCUT2D eigenvalue weighted by Gasteiger charge is 2.26. The number of aliphatic hydroxyl groups excluding tert-OH is 2. The second-order valence-corrected chi connectivity index (χ2v) is 2.58. The van der Waals surface area contributed by atoms with Crippen LogP contribution in [0.3, 0.4) is 0 Å². The maximum Gasteiger partial charge on any atom is 0.252 e. The van der Waals surface area contributed by atoms with Crippen molar-refractivity contribution in [3.63, 3.8) is 0 Å². The van der Waals surface area contributed by atoms with Crippen molar-refractivity contribution in [3.8, 4) is 0 Å². The molecule has 0 bridgehead atoms. The molecule has 0 saturated heterocycles. The summed E-state index contributed by atoms with van der Waals surface area (Å²) in [5, 5.41) is 20.3. The number of nitrogens with one attached hydrogen (secondary N) is 1. The Kier molecular flexibility index (Phi) is 5.20. The molecule has 0 radical (unpaired) electrons. The van der Waals surface area contributed by atoms with E-state index in [0.717, 1.165) is 6.92 Å². The van der Waals surface area contributed by atoms with Gasteiger partial charge in [-0.3, -0.25) is 9.59 Å². The number of ketones is 1. The van der Waals surface area contributed by atoms with Crippen molar-refractivity contribution in [1.29, 1.82) is 0 Å². The first-order valence-corrected chi connectivity index (χ1v) is 3.85. The minimum absolute atomic E-state index is 0.195. The molecule has 6 nitrogen and oxygen atoms in total. The molecule has 0 fully saturated rings. The molecule has 6 heteroatoms. The third-order valence-corrected chi connectivity index (χ3v) is 1.43. The molecule has 76 valence electrons. The van der Waals surface area contributed by atoms with Crippen LogP contribution in [-0.2, 0) is 9.59 Å². The van der Waals surface area contributed by atoms with Crippen molar-refractivity contribution < 1.29 is 19.8 Å². The molecule has 5 N–H and O–H groups in total. The fourth-order valence-corrected chi connectivity index (χ4v) is 0.666. The zero-order chi connectivity index (χ0) is 10.4. The molecular weight excluding hydrogens is 176 g/mol. The van der Waals surface area contributed by atoms with E-state index in [1.807, 2.05) is 0 Å². The fraction of sp³-hybridized carbons (Fsp3) is 0.714. The van der Waals surface area contributed by atoms with E-state index in [9.17, 15) is 9.59 Å². The molecule has 0 aliphatic carbocycles. The summed E-state index contributed by atoms with van der Waals surface area (Å²) in [4.78, 5) is 21.5. The molecule has 0 aromatic heterocycles. The molecule has 0 aromatic rings. The first-order chi connectivity index (χ1) is 6.00. The number of amides is 1. The van der Waals surface area contributed by atoms with Crippen molar-refractivity contribution >= 4 is 11.7 Å². The maximum atomic E-state index is 10.9. The van der Waals surface area contributed by atoms with E-state index in [4.69, 9.17) is 15.9 Å². The normalized spacial score (nSPS) is 14.8. The van der Waals surface area contributed by atoms with E-state index in [2.05, 4.69) is 5.32 Å². The topological polar surface area (TPSA) is 113 Å². The van der Waals surface area contributed by atoms with Gasteiger partial charge in [0, 0.05) is 13.1 Å². The van der Waals surface area contributed by atoms with Crippen LogP contribution >= 0.6 is 0 Å². The first kappa shape index (κ1) is 12.0. The average molecular weight is 190 g/mol. The van der Waals surface area contributed by atoms with Crippen LogP contribution in [0, 0.1) is 0 Å². The Hall–Kier alpha value is -0.980. The Morgan fingerprint density at radius 3 is 2.31 bits per heavy atom. The van der Waals surface area contributed by atoms with Gasteiger partial charge < -0.3 is 21.3 Å². The van der Waals surface area contributed by atoms with Gasteiger partial charge in [0.15, 0.2) is 11.9 Å². The Morgan fingerprint density at radius 2 is 1.92 bits per heavy atom. The number of aliphatic hydroxyl groups is 2. The molecule has 0 saturated carbocycles. The summed E-state index contributed by atoms with van der Waals surface area (Å²) in [5.74, 6) is -1.46. The summed E-state index contributed by atoms with van der Waals surface area (Å²) in [6.45, 7) is 1.51. The SMILES string of the molecule is CC(=O)[C@H](O)[C@@H](O)C(=O)NCCN. The third kappa shape index (κ3) is 3.97. The van der Waals surface area contributed by atoms with Gasteiger partial charge in [0.1, 0.15) is 6.10 Å². The molecule has 0 unspecified atom stereocenters. The molecule has 0 heterocycles. The molecule has 0 aliphatic rings. The van der Waals surface area contributed by atoms with E-state index in [0.29, 0.717) is 0 Å². The van der Waals surface area contributed by atoms with E-state index in [1.54, 1.807) is 0 Å². The molecule has 1 amide bonds. The lowest BCUT2D eigenvalue weighted by Crippen LogP contribution is -2.46. The van der Waals surface area contributed by atoms with Crippen molar-refractivity contribution in [1.82, 2.24) is 5.32 Å². The second kappa shape index (κ2) is 5.63. The maximum absolute atomic E-state index is 10.9. The van der Waals surface area contributed by atoms with Gasteiger partial charge in [0.05, 0.1) is 0 Å². The molecule has 2 atom stereocenters. The van der Waals surface area contributed by atoms with E-state index in [1.165, 1.54) is 0 Å². The quantitative estimate of drug-likeness (QED) is 0.379. The molecule has 0 rings (SSSR count). The zero-order valence-corrected chi connectivity index (χ0v) is 7.36. The lowest BCUT2D eigenvalue weighted by molar-refractivity contribution is -0.143. The average Bonchev–Trinajstić information content (AvgIpc) is 2.11. The molecule has 13 heavy (non-hydrogen) atoms. The number of nitrogens with two attached hydrogens (primary N) is 1. The van der Waals surface area contributed by atoms with Crippen molar-refractivity contribution in [2.24, 2.45) is 5.73 Å². The number of hydrogen-bond donors (Lipinski definition) is 4. The Labute approximate surface area is 75.7 Å². The summed E-state index contributed by atoms with van der Waals surface area (Å²) in [5.41, 5.74) is 5.09. The Bertz CT molecular complexity index is 195. The van der Waals surface area contributed by atoms with Crippen LogP contribution in [0.4, 0.5) is 0 Å². The van der Waals surface area contributed by atoms with Gasteiger partial charge in [-0.2, -0.15) is 0 Å². The monoisotopic (exact) mass is 190 g/mol. The lowest BCUT2D eigenvalue weighted by Gasteiger charge is -2.14. The molecule has 0 aromatic carbocycles. The van der Waals surface area contributed by atoms with E-state index < -0.39 is 23.9 Å². The van der Waals surface area contributed by atoms with Crippen LogP contribution in [0.5, 0.6) is 0 Å². The third-order valence-electron chi connectivity index (χ3n) is 1.43. The predicted octanol–water partition coefficient (Wildman–Crippen LogP) is -2.63. The van der Waals surface area contributed by atoms with Gasteiger partial charge in [-0.1, -0.05) is 0 Å². The van der Waals surface area contributed by atoms with Crippen molar-refractivity contribution in [2.75, 3.05) is 13.1 Å². The van der Waals surface area contributed by atoms with Gasteiger partial charge in [0.2, 0.25) is 0 Å². The molecule has 0 spiro atoms. The van der Waals surface area contributed by atoms with Crippen molar-refractivity contribution in [2.45, 2.75) is 19.1 Å². The molecule has 0 aliphatic heterocycles. The highest BCUT2D eigenvalue weighted by atomic mass is 16.3. The summed E-state index contributed by atoms with van der Waals surface area (Å²) >= 11 is 0. The minimum atomic E-state index is -1.72. The van der Waals surface area contributed by atoms with Crippen LogP contribution < -0.4 is 11.1 Å². The van der Waals surface area contributed by atoms with Gasteiger partial charge in [-0.15, -0.1) is 0 Å². The smallest absolute Gasteiger partial charge is 0.252 e. The fourth-order valence-electron chi connectivity index (χ4n) is 0.666. The lowest BCUT2D eigenvalue weighted by atomic mass is 10.1. The predicted molar refractivity (Wildman–Crippen MR) is 44.8 cm³/mol. The summed E-state index contributed by atoms with van der Waals surface area (Å²) in [6, 6.07) is 0. The zero-order valence-electron chi connectivity index (χ0n) is 7.36. The number of Topliss-reactive ketones (excluding diaryl/α,β-unsaturated/α-hetero) is 1. The van der Waals surface area contributed by atoms with Crippen LogP contribution in [0.2, 0.25) is 0 Å². The van der Waals surface area contributed by atoms with Gasteiger partial charge in [-0.05, 0) is 6.92 Å². The first-order valence-electron chi connectivity index (χ1n) is 3.85. The van der Waals surface area contributed by atoms with E-state index >= 15 is 0 Å². The van der Waals surface area contributed by atoms with Crippen LogP contribution in [-0.4, -0.2) is 47.2 Å². The standard InChI is InChI=1S/C7H14N2O4/c1-4(10)5(11)6(12)7(13)9-3-2-8/h5-6,11-12H,2-3,8H2,1H3,(H,9,13)/t5-,6+/m0/s1. The highest BCUT2D eigenvalue weighted by molar-refractivity contribution is 5.90. The van der Waals surface area contributed by atoms with Crippen LogP contribution in [0.1, 0.15) is 6.92 Å². The Morgan fingerprint density at radius 1 is 1.38 bits per heavy atom. The summed E-state index contributed by atoms with van der Waals surface area (Å²) in [6.07, 6.45) is -3.39. The number of hydrogen-bond acceptors (Lipinski definition) is 5. The van der Waals surface area contributed by atoms with Crippen LogP contribution in [0.25, 0.3) is 0 Å². The largest absolute Gasteiger partial charge is 0.382 e. The summed E-state index contributed by atoms with van der Waals surface area (Å²) in [7, 11) is 0. The highest BCUT2D eigenvalue weighted by Crippen LogP contribution is 1.94. The second-order valence-electron chi connectivity index (χ2n) is 2.58. The van der Waals surface area contributed by atoms with Crippen molar-refractivity contribution in [3.05, 3.63) is 0 Å². The number of carbonyl (C=O) groups excluding carboxylic acids is 2. The van der Waals surface area contributed by atoms with Crippen LogP contribution in [0.15, 0.2) is 0 Å². The molecular formula is C7H14N2O4. The van der Waals surface area contributed by atoms with Gasteiger partial charge in [0.25, 0.3) is 5.91 Å². The Balaban J connectivity index is 4.01. The number of carbonyl (C=O) groups is 2. The minimum Gasteiger partial charge on any atom is -0.382 e. The van der Waals surface area contributed by atoms with Gasteiger partial charge >= 0.3 is 0 Å². The number of rotatable bonds is 5. The van der Waals surface area contributed by atoms with Gasteiger partial charge in [-0.25, -0.2) is 0 Å². The van der Waals surface area contributed by atoms with E-state index in [-0.39, 0.29) is 13.1 Å².